The van der Waals surface area contributed by atoms with Crippen molar-refractivity contribution in [1.29, 1.82) is 0 Å². The van der Waals surface area contributed by atoms with E-state index in [1.54, 1.807) is 6.20 Å². The van der Waals surface area contributed by atoms with Crippen LogP contribution in [0, 0.1) is 5.41 Å². The van der Waals surface area contributed by atoms with Crippen LogP contribution in [-0.2, 0) is 11.3 Å². The molecule has 2 aliphatic heterocycles. The van der Waals surface area contributed by atoms with E-state index in [1.165, 1.54) is 0 Å². The quantitative estimate of drug-likeness (QED) is 0.922. The monoisotopic (exact) mass is 330 g/mol. The summed E-state index contributed by atoms with van der Waals surface area (Å²) in [6.45, 7) is 5.41. The standard InChI is InChI=1S/C18H26N4O2/c1-2-19-17(24)21-11-5-8-18(13-21)9-7-16(23)22(14-18)12-15-6-3-4-10-20-15/h3-4,6,10H,2,5,7-9,11-14H2,1H3,(H,19,24). The molecule has 1 aromatic heterocycles. The minimum absolute atomic E-state index is 0.0183. The maximum absolute atomic E-state index is 12.3. The third-order valence-electron chi connectivity index (χ3n) is 5.10. The molecule has 0 bridgehead atoms. The molecule has 130 valence electrons. The van der Waals surface area contributed by atoms with Gasteiger partial charge in [0.25, 0.3) is 0 Å². The zero-order valence-corrected chi connectivity index (χ0v) is 14.3. The van der Waals surface area contributed by atoms with E-state index >= 15 is 0 Å². The molecular formula is C18H26N4O2. The molecule has 0 aliphatic carbocycles. The Hall–Kier alpha value is -2.11. The van der Waals surface area contributed by atoms with E-state index in [2.05, 4.69) is 10.3 Å². The number of carbonyl (C=O) groups excluding carboxylic acids is 2. The van der Waals surface area contributed by atoms with Crippen LogP contribution in [0.2, 0.25) is 0 Å². The summed E-state index contributed by atoms with van der Waals surface area (Å²) in [7, 11) is 0. The van der Waals surface area contributed by atoms with Crippen LogP contribution in [0.25, 0.3) is 0 Å². The van der Waals surface area contributed by atoms with Gasteiger partial charge in [0.2, 0.25) is 5.91 Å². The summed E-state index contributed by atoms with van der Waals surface area (Å²) in [4.78, 5) is 32.7. The van der Waals surface area contributed by atoms with Gasteiger partial charge < -0.3 is 15.1 Å². The smallest absolute Gasteiger partial charge is 0.317 e. The maximum Gasteiger partial charge on any atom is 0.317 e. The minimum Gasteiger partial charge on any atom is -0.338 e. The molecule has 6 nitrogen and oxygen atoms in total. The molecule has 1 unspecified atom stereocenters. The Bertz CT molecular complexity index is 592. The van der Waals surface area contributed by atoms with Crippen LogP contribution < -0.4 is 5.32 Å². The van der Waals surface area contributed by atoms with Crippen molar-refractivity contribution in [2.45, 2.75) is 39.2 Å². The normalized spacial score (nSPS) is 24.3. The van der Waals surface area contributed by atoms with Gasteiger partial charge in [-0.1, -0.05) is 6.07 Å². The summed E-state index contributed by atoms with van der Waals surface area (Å²) < 4.78 is 0. The van der Waals surface area contributed by atoms with Crippen LogP contribution in [0.3, 0.4) is 0 Å². The van der Waals surface area contributed by atoms with Crippen molar-refractivity contribution in [1.82, 2.24) is 20.1 Å². The Kier molecular flexibility index (Phi) is 5.02. The molecule has 2 fully saturated rings. The fraction of sp³-hybridized carbons (Fsp3) is 0.611. The summed E-state index contributed by atoms with van der Waals surface area (Å²) in [5.74, 6) is 0.196. The van der Waals surface area contributed by atoms with E-state index in [1.807, 2.05) is 34.9 Å². The van der Waals surface area contributed by atoms with Crippen LogP contribution in [-0.4, -0.2) is 52.9 Å². The Morgan fingerprint density at radius 3 is 2.96 bits per heavy atom. The van der Waals surface area contributed by atoms with E-state index in [9.17, 15) is 9.59 Å². The number of pyridine rings is 1. The number of nitrogens with zero attached hydrogens (tertiary/aromatic N) is 3. The van der Waals surface area contributed by atoms with E-state index in [0.717, 1.165) is 44.6 Å². The van der Waals surface area contributed by atoms with Crippen LogP contribution in [0.5, 0.6) is 0 Å². The van der Waals surface area contributed by atoms with Gasteiger partial charge in [-0.2, -0.15) is 0 Å². The molecule has 1 spiro atoms. The first kappa shape index (κ1) is 16.7. The Labute approximate surface area is 143 Å². The molecular weight excluding hydrogens is 304 g/mol. The fourth-order valence-electron chi connectivity index (χ4n) is 3.91. The topological polar surface area (TPSA) is 65.5 Å². The van der Waals surface area contributed by atoms with Crippen molar-refractivity contribution in [2.75, 3.05) is 26.2 Å². The number of likely N-dealkylation sites (tertiary alicyclic amines) is 2. The first-order valence-electron chi connectivity index (χ1n) is 8.82. The number of carbonyl (C=O) groups is 2. The molecule has 1 atom stereocenters. The fourth-order valence-corrected chi connectivity index (χ4v) is 3.91. The number of aromatic nitrogens is 1. The van der Waals surface area contributed by atoms with E-state index in [4.69, 9.17) is 0 Å². The van der Waals surface area contributed by atoms with Gasteiger partial charge >= 0.3 is 6.03 Å². The molecule has 0 radical (unpaired) electrons. The van der Waals surface area contributed by atoms with Gasteiger partial charge in [0.15, 0.2) is 0 Å². The van der Waals surface area contributed by atoms with Gasteiger partial charge in [-0.05, 0) is 38.3 Å². The van der Waals surface area contributed by atoms with Crippen LogP contribution in [0.15, 0.2) is 24.4 Å². The largest absolute Gasteiger partial charge is 0.338 e. The molecule has 1 N–H and O–H groups in total. The molecule has 2 saturated heterocycles. The second-order valence-electron chi connectivity index (χ2n) is 6.93. The third-order valence-corrected chi connectivity index (χ3v) is 5.10. The van der Waals surface area contributed by atoms with Crippen molar-refractivity contribution in [2.24, 2.45) is 5.41 Å². The van der Waals surface area contributed by atoms with Gasteiger partial charge in [0.1, 0.15) is 0 Å². The van der Waals surface area contributed by atoms with Gasteiger partial charge in [0, 0.05) is 44.2 Å². The highest BCUT2D eigenvalue weighted by molar-refractivity contribution is 5.77. The summed E-state index contributed by atoms with van der Waals surface area (Å²) in [6, 6.07) is 5.80. The van der Waals surface area contributed by atoms with Crippen LogP contribution in [0.1, 0.15) is 38.3 Å². The number of urea groups is 1. The number of hydrogen-bond acceptors (Lipinski definition) is 3. The van der Waals surface area contributed by atoms with Crippen LogP contribution in [0.4, 0.5) is 4.79 Å². The summed E-state index contributed by atoms with van der Waals surface area (Å²) in [5.41, 5.74) is 0.950. The lowest BCUT2D eigenvalue weighted by Crippen LogP contribution is -2.56. The number of nitrogens with one attached hydrogen (secondary N) is 1. The SMILES string of the molecule is CCNC(=O)N1CCCC2(CCC(=O)N(Cc3ccccn3)C2)C1. The lowest BCUT2D eigenvalue weighted by atomic mass is 9.73. The average Bonchev–Trinajstić information content (AvgIpc) is 2.60. The predicted molar refractivity (Wildman–Crippen MR) is 91.2 cm³/mol. The third kappa shape index (κ3) is 3.68. The molecule has 3 amide bonds. The highest BCUT2D eigenvalue weighted by Crippen LogP contribution is 2.39. The second-order valence-corrected chi connectivity index (χ2v) is 6.93. The van der Waals surface area contributed by atoms with Gasteiger partial charge in [-0.3, -0.25) is 9.78 Å². The number of hydrogen-bond donors (Lipinski definition) is 1. The van der Waals surface area contributed by atoms with Crippen LogP contribution >= 0.6 is 0 Å². The molecule has 2 aliphatic rings. The van der Waals surface area contributed by atoms with Crippen molar-refractivity contribution in [3.05, 3.63) is 30.1 Å². The zero-order chi connectivity index (χ0) is 17.0. The van der Waals surface area contributed by atoms with Crippen molar-refractivity contribution in [3.63, 3.8) is 0 Å². The second kappa shape index (κ2) is 7.20. The summed E-state index contributed by atoms with van der Waals surface area (Å²) in [6.07, 6.45) is 5.28. The summed E-state index contributed by atoms with van der Waals surface area (Å²) in [5, 5.41) is 2.89. The van der Waals surface area contributed by atoms with Crippen molar-refractivity contribution in [3.8, 4) is 0 Å². The molecule has 0 saturated carbocycles. The number of piperidine rings is 2. The lowest BCUT2D eigenvalue weighted by Gasteiger charge is -2.48. The summed E-state index contributed by atoms with van der Waals surface area (Å²) >= 11 is 0. The van der Waals surface area contributed by atoms with Crippen molar-refractivity contribution >= 4 is 11.9 Å². The highest BCUT2D eigenvalue weighted by Gasteiger charge is 2.42. The lowest BCUT2D eigenvalue weighted by molar-refractivity contribution is -0.139. The van der Waals surface area contributed by atoms with Crippen molar-refractivity contribution < 1.29 is 9.59 Å². The molecule has 24 heavy (non-hydrogen) atoms. The Morgan fingerprint density at radius 1 is 1.33 bits per heavy atom. The van der Waals surface area contributed by atoms with Gasteiger partial charge in [0.05, 0.1) is 12.2 Å². The first-order valence-corrected chi connectivity index (χ1v) is 8.82. The predicted octanol–water partition coefficient (Wildman–Crippen LogP) is 2.02. The zero-order valence-electron chi connectivity index (χ0n) is 14.3. The van der Waals surface area contributed by atoms with Gasteiger partial charge in [-0.15, -0.1) is 0 Å². The molecule has 0 aromatic carbocycles. The molecule has 3 heterocycles. The number of amides is 3. The highest BCUT2D eigenvalue weighted by atomic mass is 16.2. The minimum atomic E-state index is 0.0183. The van der Waals surface area contributed by atoms with Gasteiger partial charge in [-0.25, -0.2) is 4.79 Å². The average molecular weight is 330 g/mol. The maximum atomic E-state index is 12.3. The Balaban J connectivity index is 1.69. The molecule has 3 rings (SSSR count). The van der Waals surface area contributed by atoms with E-state index < -0.39 is 0 Å². The van der Waals surface area contributed by atoms with E-state index in [0.29, 0.717) is 19.5 Å². The molecule has 1 aromatic rings. The van der Waals surface area contributed by atoms with E-state index in [-0.39, 0.29) is 17.4 Å². The molecule has 6 heteroatoms. The number of rotatable bonds is 3. The first-order chi connectivity index (χ1) is 11.6. The Morgan fingerprint density at radius 2 is 2.21 bits per heavy atom.